The fraction of sp³-hybridized carbons (Fsp3) is 0.476. The van der Waals surface area contributed by atoms with E-state index in [0.29, 0.717) is 12.1 Å². The topological polar surface area (TPSA) is 68.3 Å². The van der Waals surface area contributed by atoms with Crippen LogP contribution in [0.25, 0.3) is 10.9 Å². The average Bonchev–Trinajstić information content (AvgIpc) is 2.89. The number of carbonyl (C=O) groups is 2. The lowest BCUT2D eigenvalue weighted by atomic mass is 9.97. The number of benzene rings is 1. The summed E-state index contributed by atoms with van der Waals surface area (Å²) in [6, 6.07) is 7.66. The second-order valence-electron chi connectivity index (χ2n) is 6.77. The lowest BCUT2D eigenvalue weighted by molar-refractivity contribution is -0.124. The Morgan fingerprint density at radius 1 is 1.15 bits per heavy atom. The SMILES string of the molecule is CCCCNC(=O)COC(=O)c1c2c(nc3ccccc13)CCCCC2. The van der Waals surface area contributed by atoms with Gasteiger partial charge in [0, 0.05) is 17.6 Å². The van der Waals surface area contributed by atoms with E-state index in [2.05, 4.69) is 12.2 Å². The Bertz CT molecular complexity index is 801. The number of aromatic nitrogens is 1. The van der Waals surface area contributed by atoms with Gasteiger partial charge in [-0.05, 0) is 43.7 Å². The van der Waals surface area contributed by atoms with E-state index >= 15 is 0 Å². The summed E-state index contributed by atoms with van der Waals surface area (Å²) < 4.78 is 5.36. The molecule has 1 heterocycles. The molecule has 0 atom stereocenters. The largest absolute Gasteiger partial charge is 0.452 e. The number of esters is 1. The fourth-order valence-corrected chi connectivity index (χ4v) is 3.44. The molecular formula is C21H26N2O3. The predicted octanol–water partition coefficient (Wildman–Crippen LogP) is 3.58. The molecule has 1 N–H and O–H groups in total. The third-order valence-electron chi connectivity index (χ3n) is 4.81. The van der Waals surface area contributed by atoms with E-state index in [1.807, 2.05) is 24.3 Å². The number of ether oxygens (including phenoxy) is 1. The molecule has 5 heteroatoms. The molecule has 1 aromatic heterocycles. The van der Waals surface area contributed by atoms with E-state index in [4.69, 9.17) is 9.72 Å². The highest BCUT2D eigenvalue weighted by molar-refractivity contribution is 6.05. The molecule has 1 aliphatic carbocycles. The van der Waals surface area contributed by atoms with E-state index in [1.165, 1.54) is 0 Å². The van der Waals surface area contributed by atoms with Crippen LogP contribution in [-0.2, 0) is 22.4 Å². The van der Waals surface area contributed by atoms with E-state index in [9.17, 15) is 9.59 Å². The summed E-state index contributed by atoms with van der Waals surface area (Å²) in [6.45, 7) is 2.43. The lowest BCUT2D eigenvalue weighted by Crippen LogP contribution is -2.29. The highest BCUT2D eigenvalue weighted by Crippen LogP contribution is 2.29. The summed E-state index contributed by atoms with van der Waals surface area (Å²) >= 11 is 0. The second kappa shape index (κ2) is 8.79. The predicted molar refractivity (Wildman–Crippen MR) is 101 cm³/mol. The minimum atomic E-state index is -0.424. The minimum Gasteiger partial charge on any atom is -0.452 e. The molecule has 0 spiro atoms. The van der Waals surface area contributed by atoms with Crippen LogP contribution < -0.4 is 5.32 Å². The van der Waals surface area contributed by atoms with Crippen molar-refractivity contribution in [2.24, 2.45) is 0 Å². The molecule has 138 valence electrons. The van der Waals surface area contributed by atoms with E-state index in [0.717, 1.165) is 67.1 Å². The number of hydrogen-bond acceptors (Lipinski definition) is 4. The molecule has 0 saturated carbocycles. The van der Waals surface area contributed by atoms with Crippen LogP contribution in [0.2, 0.25) is 0 Å². The van der Waals surface area contributed by atoms with Crippen molar-refractivity contribution in [3.63, 3.8) is 0 Å². The maximum absolute atomic E-state index is 12.8. The van der Waals surface area contributed by atoms with Crippen LogP contribution in [0.4, 0.5) is 0 Å². The number of carbonyl (C=O) groups excluding carboxylic acids is 2. The summed E-state index contributed by atoms with van der Waals surface area (Å²) in [4.78, 5) is 29.5. The first kappa shape index (κ1) is 18.4. The first-order valence-corrected chi connectivity index (χ1v) is 9.55. The smallest absolute Gasteiger partial charge is 0.339 e. The molecule has 1 aromatic carbocycles. The van der Waals surface area contributed by atoms with Gasteiger partial charge in [-0.2, -0.15) is 0 Å². The molecule has 0 bridgehead atoms. The van der Waals surface area contributed by atoms with Gasteiger partial charge in [0.25, 0.3) is 5.91 Å². The second-order valence-corrected chi connectivity index (χ2v) is 6.77. The molecule has 26 heavy (non-hydrogen) atoms. The van der Waals surface area contributed by atoms with E-state index in [-0.39, 0.29) is 12.5 Å². The minimum absolute atomic E-state index is 0.242. The quantitative estimate of drug-likeness (QED) is 0.489. The summed E-state index contributed by atoms with van der Waals surface area (Å²) in [5.41, 5.74) is 3.40. The van der Waals surface area contributed by atoms with Gasteiger partial charge in [-0.25, -0.2) is 4.79 Å². The molecule has 5 nitrogen and oxygen atoms in total. The Morgan fingerprint density at radius 3 is 2.81 bits per heavy atom. The van der Waals surface area contributed by atoms with Crippen LogP contribution >= 0.6 is 0 Å². The number of fused-ring (bicyclic) bond motifs is 2. The van der Waals surface area contributed by atoms with Gasteiger partial charge >= 0.3 is 5.97 Å². The first-order valence-electron chi connectivity index (χ1n) is 9.55. The number of para-hydroxylation sites is 1. The Hall–Kier alpha value is -2.43. The summed E-state index contributed by atoms with van der Waals surface area (Å²) in [5.74, 6) is -0.677. The van der Waals surface area contributed by atoms with Gasteiger partial charge in [0.15, 0.2) is 6.61 Å². The van der Waals surface area contributed by atoms with Crippen LogP contribution in [0.5, 0.6) is 0 Å². The van der Waals surface area contributed by atoms with Gasteiger partial charge in [0.1, 0.15) is 0 Å². The zero-order valence-electron chi connectivity index (χ0n) is 15.3. The lowest BCUT2D eigenvalue weighted by Gasteiger charge is -2.15. The third kappa shape index (κ3) is 4.21. The van der Waals surface area contributed by atoms with E-state index < -0.39 is 5.97 Å². The number of nitrogens with one attached hydrogen (secondary N) is 1. The molecule has 0 saturated heterocycles. The third-order valence-corrected chi connectivity index (χ3v) is 4.81. The molecule has 0 radical (unpaired) electrons. The Balaban J connectivity index is 1.84. The highest BCUT2D eigenvalue weighted by Gasteiger charge is 2.23. The molecule has 0 unspecified atom stereocenters. The van der Waals surface area contributed by atoms with Crippen LogP contribution in [0.1, 0.15) is 60.6 Å². The Morgan fingerprint density at radius 2 is 1.96 bits per heavy atom. The van der Waals surface area contributed by atoms with Crippen molar-refractivity contribution < 1.29 is 14.3 Å². The Kier molecular flexibility index (Phi) is 6.21. The number of unbranched alkanes of at least 4 members (excludes halogenated alkanes) is 1. The molecule has 2 aromatic rings. The molecule has 0 fully saturated rings. The van der Waals surface area contributed by atoms with E-state index in [1.54, 1.807) is 0 Å². The summed E-state index contributed by atoms with van der Waals surface area (Å²) in [7, 11) is 0. The number of hydrogen-bond donors (Lipinski definition) is 1. The van der Waals surface area contributed by atoms with Crippen molar-refractivity contribution in [2.45, 2.75) is 51.9 Å². The van der Waals surface area contributed by atoms with Gasteiger partial charge in [-0.3, -0.25) is 9.78 Å². The number of aryl methyl sites for hydroxylation is 1. The van der Waals surface area contributed by atoms with Crippen LogP contribution in [0.15, 0.2) is 24.3 Å². The summed E-state index contributed by atoms with van der Waals surface area (Å²) in [5, 5.41) is 3.58. The van der Waals surface area contributed by atoms with Crippen LogP contribution in [0, 0.1) is 0 Å². The highest BCUT2D eigenvalue weighted by atomic mass is 16.5. The monoisotopic (exact) mass is 354 g/mol. The van der Waals surface area contributed by atoms with Crippen molar-refractivity contribution in [2.75, 3.05) is 13.2 Å². The fourth-order valence-electron chi connectivity index (χ4n) is 3.44. The van der Waals surface area contributed by atoms with Crippen molar-refractivity contribution in [3.05, 3.63) is 41.1 Å². The summed E-state index contributed by atoms with van der Waals surface area (Å²) in [6.07, 6.45) is 6.92. The van der Waals surface area contributed by atoms with Crippen molar-refractivity contribution >= 4 is 22.8 Å². The van der Waals surface area contributed by atoms with Crippen molar-refractivity contribution in [1.29, 1.82) is 0 Å². The van der Waals surface area contributed by atoms with Gasteiger partial charge in [-0.1, -0.05) is 38.0 Å². The zero-order chi connectivity index (χ0) is 18.4. The first-order chi connectivity index (χ1) is 12.7. The molecular weight excluding hydrogens is 328 g/mol. The molecule has 3 rings (SSSR count). The number of rotatable bonds is 6. The maximum atomic E-state index is 12.8. The molecule has 1 aliphatic rings. The van der Waals surface area contributed by atoms with Gasteiger partial charge < -0.3 is 10.1 Å². The van der Waals surface area contributed by atoms with Crippen molar-refractivity contribution in [3.8, 4) is 0 Å². The zero-order valence-corrected chi connectivity index (χ0v) is 15.3. The number of nitrogens with zero attached hydrogens (tertiary/aromatic N) is 1. The molecule has 1 amide bonds. The van der Waals surface area contributed by atoms with Gasteiger partial charge in [0.05, 0.1) is 11.1 Å². The Labute approximate surface area is 154 Å². The number of amides is 1. The van der Waals surface area contributed by atoms with Gasteiger partial charge in [-0.15, -0.1) is 0 Å². The standard InChI is InChI=1S/C21H26N2O3/c1-2-3-13-22-19(24)14-26-21(25)20-15-9-5-4-6-11-17(15)23-18-12-8-7-10-16(18)20/h7-8,10,12H,2-6,9,11,13-14H2,1H3,(H,22,24). The normalized spacial score (nSPS) is 13.7. The average molecular weight is 354 g/mol. The maximum Gasteiger partial charge on any atom is 0.339 e. The van der Waals surface area contributed by atoms with Gasteiger partial charge in [0.2, 0.25) is 0 Å². The van der Waals surface area contributed by atoms with Crippen molar-refractivity contribution in [1.82, 2.24) is 10.3 Å². The van der Waals surface area contributed by atoms with Crippen LogP contribution in [0.3, 0.4) is 0 Å². The number of pyridine rings is 1. The van der Waals surface area contributed by atoms with Crippen LogP contribution in [-0.4, -0.2) is 30.0 Å². The molecule has 0 aliphatic heterocycles.